The molecule has 1 atom stereocenters. The second-order valence-electron chi connectivity index (χ2n) is 8.03. The maximum Gasteiger partial charge on any atom is 0.264 e. The molecule has 1 aromatic heterocycles. The van der Waals surface area contributed by atoms with Crippen molar-refractivity contribution >= 4 is 23.2 Å². The first-order chi connectivity index (χ1) is 14.1. The lowest BCUT2D eigenvalue weighted by molar-refractivity contribution is -0.131. The third-order valence-electron chi connectivity index (χ3n) is 6.25. The van der Waals surface area contributed by atoms with E-state index in [1.165, 1.54) is 22.5 Å². The molecule has 2 amide bonds. The molecule has 5 nitrogen and oxygen atoms in total. The lowest BCUT2D eigenvalue weighted by atomic mass is 10.1. The molecule has 2 aliphatic rings. The van der Waals surface area contributed by atoms with Crippen LogP contribution in [0.25, 0.3) is 0 Å². The van der Waals surface area contributed by atoms with Crippen molar-refractivity contribution < 1.29 is 9.59 Å². The van der Waals surface area contributed by atoms with Gasteiger partial charge < -0.3 is 9.80 Å². The monoisotopic (exact) mass is 411 g/mol. The number of piperazine rings is 1. The van der Waals surface area contributed by atoms with Gasteiger partial charge in [-0.15, -0.1) is 11.3 Å². The Hall–Kier alpha value is -2.18. The number of carbonyl (C=O) groups is 2. The maximum atomic E-state index is 12.7. The van der Waals surface area contributed by atoms with Gasteiger partial charge in [-0.25, -0.2) is 0 Å². The topological polar surface area (TPSA) is 43.9 Å². The van der Waals surface area contributed by atoms with Gasteiger partial charge in [0.15, 0.2) is 0 Å². The molecule has 1 aromatic carbocycles. The Labute approximate surface area is 176 Å². The SMILES string of the molecule is Cc1ccccc1CN1CCC(N2CCN(C(=O)c3cccs3)CC2)CCC1=O. The van der Waals surface area contributed by atoms with Crippen molar-refractivity contribution in [2.24, 2.45) is 0 Å². The van der Waals surface area contributed by atoms with Crippen molar-refractivity contribution in [3.05, 3.63) is 57.8 Å². The van der Waals surface area contributed by atoms with E-state index >= 15 is 0 Å². The molecular weight excluding hydrogens is 382 g/mol. The van der Waals surface area contributed by atoms with Gasteiger partial charge in [0.05, 0.1) is 4.88 Å². The minimum Gasteiger partial charge on any atom is -0.338 e. The summed E-state index contributed by atoms with van der Waals surface area (Å²) < 4.78 is 0. The average molecular weight is 412 g/mol. The summed E-state index contributed by atoms with van der Waals surface area (Å²) in [6.07, 6.45) is 2.54. The van der Waals surface area contributed by atoms with Gasteiger partial charge in [0, 0.05) is 51.7 Å². The van der Waals surface area contributed by atoms with Crippen molar-refractivity contribution in [1.29, 1.82) is 0 Å². The van der Waals surface area contributed by atoms with Gasteiger partial charge in [0.1, 0.15) is 0 Å². The molecule has 6 heteroatoms. The Balaban J connectivity index is 1.31. The van der Waals surface area contributed by atoms with Crippen LogP contribution in [0.1, 0.15) is 40.1 Å². The number of nitrogens with zero attached hydrogens (tertiary/aromatic N) is 3. The summed E-state index contributed by atoms with van der Waals surface area (Å²) in [7, 11) is 0. The fourth-order valence-corrected chi connectivity index (χ4v) is 5.08. The van der Waals surface area contributed by atoms with Gasteiger partial charge in [-0.05, 0) is 42.3 Å². The number of hydrogen-bond acceptors (Lipinski definition) is 4. The van der Waals surface area contributed by atoms with E-state index in [0.717, 1.165) is 50.4 Å². The molecule has 1 unspecified atom stereocenters. The van der Waals surface area contributed by atoms with Gasteiger partial charge >= 0.3 is 0 Å². The number of likely N-dealkylation sites (tertiary alicyclic amines) is 1. The molecule has 4 rings (SSSR count). The van der Waals surface area contributed by atoms with Gasteiger partial charge in [-0.3, -0.25) is 14.5 Å². The number of rotatable bonds is 4. The summed E-state index contributed by atoms with van der Waals surface area (Å²) in [5, 5.41) is 1.95. The van der Waals surface area contributed by atoms with E-state index in [0.29, 0.717) is 19.0 Å². The first-order valence-corrected chi connectivity index (χ1v) is 11.4. The summed E-state index contributed by atoms with van der Waals surface area (Å²) in [5.41, 5.74) is 2.48. The predicted molar refractivity (Wildman–Crippen MR) is 116 cm³/mol. The van der Waals surface area contributed by atoms with Gasteiger partial charge in [-0.2, -0.15) is 0 Å². The second-order valence-corrected chi connectivity index (χ2v) is 8.98. The Morgan fingerprint density at radius 3 is 2.55 bits per heavy atom. The Bertz CT molecular complexity index is 844. The predicted octanol–water partition coefficient (Wildman–Crippen LogP) is 3.40. The first kappa shape index (κ1) is 20.1. The minimum atomic E-state index is 0.153. The molecule has 0 N–H and O–H groups in total. The van der Waals surface area contributed by atoms with Gasteiger partial charge in [0.2, 0.25) is 5.91 Å². The molecule has 2 aliphatic heterocycles. The summed E-state index contributed by atoms with van der Waals surface area (Å²) >= 11 is 1.51. The summed E-state index contributed by atoms with van der Waals surface area (Å²) in [6, 6.07) is 12.6. The second kappa shape index (κ2) is 9.09. The summed E-state index contributed by atoms with van der Waals surface area (Å²) in [5.74, 6) is 0.419. The number of hydrogen-bond donors (Lipinski definition) is 0. The highest BCUT2D eigenvalue weighted by molar-refractivity contribution is 7.12. The molecule has 2 aromatic rings. The molecule has 0 aliphatic carbocycles. The number of carbonyl (C=O) groups excluding carboxylic acids is 2. The van der Waals surface area contributed by atoms with E-state index in [1.807, 2.05) is 39.4 Å². The van der Waals surface area contributed by atoms with E-state index in [2.05, 4.69) is 24.0 Å². The third kappa shape index (κ3) is 4.70. The Kier molecular flexibility index (Phi) is 6.31. The molecule has 0 radical (unpaired) electrons. The zero-order valence-corrected chi connectivity index (χ0v) is 17.9. The molecule has 0 spiro atoms. The van der Waals surface area contributed by atoms with Crippen LogP contribution < -0.4 is 0 Å². The van der Waals surface area contributed by atoms with E-state index in [9.17, 15) is 9.59 Å². The van der Waals surface area contributed by atoms with Crippen molar-refractivity contribution in [3.8, 4) is 0 Å². The van der Waals surface area contributed by atoms with Crippen molar-refractivity contribution in [1.82, 2.24) is 14.7 Å². The molecule has 29 heavy (non-hydrogen) atoms. The quantitative estimate of drug-likeness (QED) is 0.775. The van der Waals surface area contributed by atoms with Crippen molar-refractivity contribution in [2.45, 2.75) is 38.8 Å². The molecular formula is C23H29N3O2S. The fourth-order valence-electron chi connectivity index (χ4n) is 4.39. The number of benzene rings is 1. The molecule has 2 saturated heterocycles. The van der Waals surface area contributed by atoms with E-state index in [1.54, 1.807) is 0 Å². The smallest absolute Gasteiger partial charge is 0.264 e. The lowest BCUT2D eigenvalue weighted by Gasteiger charge is -2.39. The van der Waals surface area contributed by atoms with Crippen LogP contribution >= 0.6 is 11.3 Å². The molecule has 2 fully saturated rings. The summed E-state index contributed by atoms with van der Waals surface area (Å²) in [4.78, 5) is 32.5. The third-order valence-corrected chi connectivity index (χ3v) is 7.11. The molecule has 154 valence electrons. The van der Waals surface area contributed by atoms with Crippen LogP contribution in [-0.2, 0) is 11.3 Å². The van der Waals surface area contributed by atoms with Crippen LogP contribution in [0.2, 0.25) is 0 Å². The molecule has 3 heterocycles. The zero-order chi connectivity index (χ0) is 20.2. The van der Waals surface area contributed by atoms with Crippen LogP contribution in [0, 0.1) is 6.92 Å². The Morgan fingerprint density at radius 1 is 1.03 bits per heavy atom. The van der Waals surface area contributed by atoms with E-state index in [4.69, 9.17) is 0 Å². The van der Waals surface area contributed by atoms with Crippen LogP contribution in [0.15, 0.2) is 41.8 Å². The Morgan fingerprint density at radius 2 is 1.83 bits per heavy atom. The first-order valence-electron chi connectivity index (χ1n) is 10.5. The average Bonchev–Trinajstić information content (AvgIpc) is 3.22. The van der Waals surface area contributed by atoms with Crippen molar-refractivity contribution in [2.75, 3.05) is 32.7 Å². The highest BCUT2D eigenvalue weighted by Gasteiger charge is 2.30. The highest BCUT2D eigenvalue weighted by atomic mass is 32.1. The van der Waals surface area contributed by atoms with E-state index < -0.39 is 0 Å². The van der Waals surface area contributed by atoms with E-state index in [-0.39, 0.29) is 11.8 Å². The number of thiophene rings is 1. The van der Waals surface area contributed by atoms with Crippen LogP contribution in [0.4, 0.5) is 0 Å². The summed E-state index contributed by atoms with van der Waals surface area (Å²) in [6.45, 7) is 6.97. The standard InChI is InChI=1S/C23H29N3O2S/c1-18-5-2-3-6-19(18)17-26-11-10-20(8-9-22(26)27)24-12-14-25(15-13-24)23(28)21-7-4-16-29-21/h2-7,16,20H,8-15,17H2,1H3. The fraction of sp³-hybridized carbons (Fsp3) is 0.478. The van der Waals surface area contributed by atoms with Gasteiger partial charge in [0.25, 0.3) is 5.91 Å². The zero-order valence-electron chi connectivity index (χ0n) is 17.0. The van der Waals surface area contributed by atoms with Crippen molar-refractivity contribution in [3.63, 3.8) is 0 Å². The largest absolute Gasteiger partial charge is 0.338 e. The molecule has 0 bridgehead atoms. The lowest BCUT2D eigenvalue weighted by Crippen LogP contribution is -2.52. The van der Waals surface area contributed by atoms with Crippen LogP contribution in [-0.4, -0.2) is 65.3 Å². The maximum absolute atomic E-state index is 12.7. The normalized spacial score (nSPS) is 21.3. The van der Waals surface area contributed by atoms with Crippen LogP contribution in [0.5, 0.6) is 0 Å². The minimum absolute atomic E-state index is 0.153. The highest BCUT2D eigenvalue weighted by Crippen LogP contribution is 2.22. The number of aryl methyl sites for hydroxylation is 1. The van der Waals surface area contributed by atoms with Gasteiger partial charge in [-0.1, -0.05) is 30.3 Å². The molecule has 0 saturated carbocycles. The van der Waals surface area contributed by atoms with Crippen LogP contribution in [0.3, 0.4) is 0 Å². The number of amides is 2.